The van der Waals surface area contributed by atoms with Crippen molar-refractivity contribution in [2.45, 2.75) is 10.8 Å². The van der Waals surface area contributed by atoms with E-state index in [1.165, 1.54) is 4.43 Å². The van der Waals surface area contributed by atoms with E-state index in [2.05, 4.69) is 6.92 Å². The second kappa shape index (κ2) is 5.16. The Morgan fingerprint density at radius 2 is 1.75 bits per heavy atom. The van der Waals surface area contributed by atoms with Gasteiger partial charge >= 0.3 is 124 Å². The molecular formula is C16H15IO3. The fourth-order valence-electron chi connectivity index (χ4n) is 2.36. The zero-order valence-corrected chi connectivity index (χ0v) is 13.3. The molecular weight excluding hydrogens is 367 g/mol. The van der Waals surface area contributed by atoms with E-state index in [4.69, 9.17) is 5.11 Å². The van der Waals surface area contributed by atoms with Crippen molar-refractivity contribution < 1.29 is 14.7 Å². The number of halogens is 1. The SMILES string of the molecule is CCI1CC1C(=O)c1ccc2cc(C(=O)O)ccc2c1. The average molecular weight is 382 g/mol. The summed E-state index contributed by atoms with van der Waals surface area (Å²) in [5.74, 6) is -0.635. The van der Waals surface area contributed by atoms with E-state index in [1.807, 2.05) is 18.2 Å². The zero-order chi connectivity index (χ0) is 14.3. The van der Waals surface area contributed by atoms with Crippen molar-refractivity contribution in [2.75, 3.05) is 8.86 Å². The Labute approximate surface area is 124 Å². The van der Waals surface area contributed by atoms with Gasteiger partial charge in [0.25, 0.3) is 0 Å². The summed E-state index contributed by atoms with van der Waals surface area (Å²) in [5.41, 5.74) is 1.05. The van der Waals surface area contributed by atoms with Gasteiger partial charge in [0.15, 0.2) is 0 Å². The summed E-state index contributed by atoms with van der Waals surface area (Å²) >= 11 is -0.920. The third kappa shape index (κ3) is 2.44. The van der Waals surface area contributed by atoms with Crippen LogP contribution in [0.1, 0.15) is 27.6 Å². The molecule has 1 aliphatic heterocycles. The van der Waals surface area contributed by atoms with E-state index in [9.17, 15) is 9.59 Å². The summed E-state index contributed by atoms with van der Waals surface area (Å²) in [6, 6.07) is 10.6. The number of hydrogen-bond donors (Lipinski definition) is 1. The number of rotatable bonds is 4. The molecule has 1 saturated heterocycles. The van der Waals surface area contributed by atoms with E-state index in [0.717, 1.165) is 20.8 Å². The number of carbonyl (C=O) groups excluding carboxylic acids is 1. The third-order valence-electron chi connectivity index (χ3n) is 3.60. The molecule has 3 nitrogen and oxygen atoms in total. The molecule has 4 heteroatoms. The molecule has 0 saturated carbocycles. The van der Waals surface area contributed by atoms with E-state index >= 15 is 0 Å². The molecule has 0 aromatic heterocycles. The number of fused-ring (bicyclic) bond motifs is 1. The van der Waals surface area contributed by atoms with Crippen molar-refractivity contribution in [3.63, 3.8) is 0 Å². The molecule has 0 spiro atoms. The summed E-state index contributed by atoms with van der Waals surface area (Å²) in [7, 11) is 0. The Morgan fingerprint density at radius 3 is 2.30 bits per heavy atom. The number of benzene rings is 2. The molecule has 3 rings (SSSR count). The van der Waals surface area contributed by atoms with Crippen LogP contribution in [0.4, 0.5) is 0 Å². The molecule has 20 heavy (non-hydrogen) atoms. The third-order valence-corrected chi connectivity index (χ3v) is 9.58. The van der Waals surface area contributed by atoms with Gasteiger partial charge in [0.05, 0.1) is 0 Å². The van der Waals surface area contributed by atoms with Crippen LogP contribution >= 0.6 is 19.8 Å². The molecule has 0 amide bonds. The number of carbonyl (C=O) groups is 2. The second-order valence-electron chi connectivity index (χ2n) is 4.83. The summed E-state index contributed by atoms with van der Waals surface area (Å²) in [4.78, 5) is 23.3. The van der Waals surface area contributed by atoms with Crippen LogP contribution in [0.2, 0.25) is 0 Å². The van der Waals surface area contributed by atoms with Crippen LogP contribution in [0, 0.1) is 0 Å². The fourth-order valence-corrected chi connectivity index (χ4v) is 7.98. The fraction of sp³-hybridized carbons (Fsp3) is 0.250. The summed E-state index contributed by atoms with van der Waals surface area (Å²) in [6.45, 7) is 2.19. The predicted octanol–water partition coefficient (Wildman–Crippen LogP) is 3.63. The van der Waals surface area contributed by atoms with Crippen LogP contribution in [0.3, 0.4) is 0 Å². The quantitative estimate of drug-likeness (QED) is 0.499. The Morgan fingerprint density at radius 1 is 1.15 bits per heavy atom. The van der Waals surface area contributed by atoms with Crippen molar-refractivity contribution in [3.05, 3.63) is 47.5 Å². The van der Waals surface area contributed by atoms with E-state index < -0.39 is 25.8 Å². The molecule has 1 N–H and O–H groups in total. The van der Waals surface area contributed by atoms with Crippen LogP contribution in [0.15, 0.2) is 36.4 Å². The van der Waals surface area contributed by atoms with Crippen molar-refractivity contribution in [2.24, 2.45) is 0 Å². The van der Waals surface area contributed by atoms with Gasteiger partial charge in [-0.1, -0.05) is 0 Å². The van der Waals surface area contributed by atoms with Gasteiger partial charge < -0.3 is 0 Å². The summed E-state index contributed by atoms with van der Waals surface area (Å²) < 4.78 is 2.73. The number of carboxylic acids is 1. The number of Topliss-reactive ketones (excluding diaryl/α,β-unsaturated/α-hetero) is 1. The van der Waals surface area contributed by atoms with Crippen molar-refractivity contribution in [1.29, 1.82) is 0 Å². The van der Waals surface area contributed by atoms with E-state index in [-0.39, 0.29) is 5.56 Å². The van der Waals surface area contributed by atoms with Crippen LogP contribution in [-0.2, 0) is 0 Å². The van der Waals surface area contributed by atoms with Crippen LogP contribution in [-0.4, -0.2) is 29.6 Å². The first-order chi connectivity index (χ1) is 9.60. The van der Waals surface area contributed by atoms with Crippen molar-refractivity contribution in [1.82, 2.24) is 0 Å². The Balaban J connectivity index is 1.93. The normalized spacial score (nSPS) is 19.1. The molecule has 1 fully saturated rings. The van der Waals surface area contributed by atoms with Gasteiger partial charge in [0.2, 0.25) is 0 Å². The maximum atomic E-state index is 12.3. The molecule has 0 bridgehead atoms. The average Bonchev–Trinajstić information content (AvgIpc) is 3.24. The first-order valence-electron chi connectivity index (χ1n) is 6.51. The molecule has 0 radical (unpaired) electrons. The molecule has 1 heterocycles. The molecule has 2 aromatic rings. The summed E-state index contributed by atoms with van der Waals surface area (Å²) in [5, 5.41) is 10.8. The van der Waals surface area contributed by atoms with Gasteiger partial charge in [0, 0.05) is 0 Å². The minimum absolute atomic E-state index is 0.276. The van der Waals surface area contributed by atoms with Gasteiger partial charge in [-0.15, -0.1) is 0 Å². The van der Waals surface area contributed by atoms with Crippen LogP contribution in [0.5, 0.6) is 0 Å². The molecule has 2 aromatic carbocycles. The van der Waals surface area contributed by atoms with E-state index in [1.54, 1.807) is 18.2 Å². The van der Waals surface area contributed by atoms with Gasteiger partial charge in [-0.2, -0.15) is 0 Å². The van der Waals surface area contributed by atoms with Gasteiger partial charge in [0.1, 0.15) is 0 Å². The second-order valence-corrected chi connectivity index (χ2v) is 11.6. The predicted molar refractivity (Wildman–Crippen MR) is 88.5 cm³/mol. The Kier molecular flexibility index (Phi) is 3.50. The first-order valence-corrected chi connectivity index (χ1v) is 10.8. The molecule has 1 unspecified atom stereocenters. The van der Waals surface area contributed by atoms with Gasteiger partial charge in [-0.05, 0) is 0 Å². The number of hydrogen-bond acceptors (Lipinski definition) is 2. The number of carboxylic acid groups (broad SMARTS) is 1. The van der Waals surface area contributed by atoms with Crippen molar-refractivity contribution in [3.8, 4) is 0 Å². The van der Waals surface area contributed by atoms with Crippen LogP contribution < -0.4 is 0 Å². The number of ketones is 1. The minimum atomic E-state index is -0.928. The standard InChI is InChI=1S/C16H15IO3/c1-2-17-9-14(17)15(18)12-5-3-11-8-13(16(19)20)6-4-10(11)7-12/h3-8,14H,2,9H2,1H3,(H,19,20). The topological polar surface area (TPSA) is 54.4 Å². The van der Waals surface area contributed by atoms with Gasteiger partial charge in [-0.3, -0.25) is 0 Å². The molecule has 1 atom stereocenters. The number of aromatic carboxylic acids is 1. The monoisotopic (exact) mass is 382 g/mol. The summed E-state index contributed by atoms with van der Waals surface area (Å²) in [6.07, 6.45) is 0. The molecule has 1 aliphatic rings. The number of alkyl halides is 3. The Bertz CT molecular complexity index is 708. The molecule has 0 aliphatic carbocycles. The first kappa shape index (κ1) is 13.5. The van der Waals surface area contributed by atoms with E-state index in [0.29, 0.717) is 9.71 Å². The molecule has 104 valence electrons. The van der Waals surface area contributed by atoms with Crippen LogP contribution in [0.25, 0.3) is 10.8 Å². The van der Waals surface area contributed by atoms with Crippen molar-refractivity contribution >= 4 is 42.3 Å². The Hall–Kier alpha value is -1.43. The van der Waals surface area contributed by atoms with Gasteiger partial charge in [-0.25, -0.2) is 0 Å². The zero-order valence-electron chi connectivity index (χ0n) is 11.1. The maximum absolute atomic E-state index is 12.3.